The number of guanidine groups is 1. The van der Waals surface area contributed by atoms with Crippen LogP contribution in [0.25, 0.3) is 0 Å². The maximum absolute atomic E-state index is 12.4. The second-order valence-electron chi connectivity index (χ2n) is 9.05. The highest BCUT2D eigenvalue weighted by Gasteiger charge is 2.31. The zero-order valence-electron chi connectivity index (χ0n) is 17.7. The summed E-state index contributed by atoms with van der Waals surface area (Å²) in [5.74, 6) is 2.58. The molecule has 0 radical (unpaired) electrons. The molecule has 3 rings (SSSR count). The minimum atomic E-state index is -0.0597. The maximum atomic E-state index is 12.4. The molecule has 1 heterocycles. The molecule has 7 nitrogen and oxygen atoms in total. The zero-order valence-corrected chi connectivity index (χ0v) is 17.7. The fourth-order valence-corrected chi connectivity index (χ4v) is 3.50. The number of oxazole rings is 1. The third-order valence-electron chi connectivity index (χ3n) is 5.32. The number of nitrogens with one attached hydrogen (secondary N) is 3. The van der Waals surface area contributed by atoms with Gasteiger partial charge in [0.15, 0.2) is 5.96 Å². The Morgan fingerprint density at radius 3 is 2.64 bits per heavy atom. The summed E-state index contributed by atoms with van der Waals surface area (Å²) in [5.41, 5.74) is -0.0597. The summed E-state index contributed by atoms with van der Waals surface area (Å²) >= 11 is 0. The average molecular weight is 390 g/mol. The lowest BCUT2D eigenvalue weighted by atomic mass is 9.85. The van der Waals surface area contributed by atoms with Crippen molar-refractivity contribution in [3.05, 3.63) is 17.8 Å². The molecular weight excluding hydrogens is 354 g/mol. The third-order valence-corrected chi connectivity index (χ3v) is 5.32. The van der Waals surface area contributed by atoms with E-state index in [-0.39, 0.29) is 23.3 Å². The molecule has 7 heteroatoms. The van der Waals surface area contributed by atoms with Crippen LogP contribution in [0.4, 0.5) is 0 Å². The molecule has 3 N–H and O–H groups in total. The van der Waals surface area contributed by atoms with E-state index in [9.17, 15) is 4.79 Å². The Bertz CT molecular complexity index is 687. The van der Waals surface area contributed by atoms with Gasteiger partial charge < -0.3 is 20.4 Å². The molecule has 0 aromatic carbocycles. The van der Waals surface area contributed by atoms with Crippen LogP contribution >= 0.6 is 0 Å². The van der Waals surface area contributed by atoms with Crippen LogP contribution in [-0.2, 0) is 16.8 Å². The molecule has 2 aliphatic carbocycles. The van der Waals surface area contributed by atoms with Crippen molar-refractivity contribution in [1.29, 1.82) is 0 Å². The topological polar surface area (TPSA) is 91.6 Å². The molecule has 1 amide bonds. The summed E-state index contributed by atoms with van der Waals surface area (Å²) in [6, 6.07) is 0.690. The number of carbonyl (C=O) groups is 1. The van der Waals surface area contributed by atoms with Crippen LogP contribution in [0.1, 0.15) is 77.9 Å². The highest BCUT2D eigenvalue weighted by atomic mass is 16.4. The normalized spacial score (nSPS) is 23.4. The monoisotopic (exact) mass is 389 g/mol. The fraction of sp³-hybridized carbons (Fsp3) is 0.762. The Kier molecular flexibility index (Phi) is 6.62. The van der Waals surface area contributed by atoms with Crippen molar-refractivity contribution in [2.75, 3.05) is 6.54 Å². The second kappa shape index (κ2) is 8.97. The van der Waals surface area contributed by atoms with Crippen LogP contribution in [0.15, 0.2) is 15.6 Å². The molecule has 0 bridgehead atoms. The Morgan fingerprint density at radius 1 is 1.21 bits per heavy atom. The number of carbonyl (C=O) groups excluding carboxylic acids is 1. The number of hydrogen-bond donors (Lipinski definition) is 3. The summed E-state index contributed by atoms with van der Waals surface area (Å²) in [6.45, 7) is 9.53. The van der Waals surface area contributed by atoms with Gasteiger partial charge in [0.25, 0.3) is 0 Å². The fourth-order valence-electron chi connectivity index (χ4n) is 3.50. The van der Waals surface area contributed by atoms with Gasteiger partial charge in [0.2, 0.25) is 11.8 Å². The van der Waals surface area contributed by atoms with E-state index in [1.807, 2.05) is 6.92 Å². The first kappa shape index (κ1) is 20.7. The second-order valence-corrected chi connectivity index (χ2v) is 9.05. The number of rotatable bonds is 6. The van der Waals surface area contributed by atoms with Crippen molar-refractivity contribution in [2.45, 2.75) is 90.3 Å². The van der Waals surface area contributed by atoms with E-state index in [2.05, 4.69) is 46.7 Å². The van der Waals surface area contributed by atoms with Gasteiger partial charge in [-0.05, 0) is 39.0 Å². The summed E-state index contributed by atoms with van der Waals surface area (Å²) in [4.78, 5) is 21.4. The first-order chi connectivity index (χ1) is 13.3. The minimum Gasteiger partial charge on any atom is -0.443 e. The Labute approximate surface area is 168 Å². The largest absolute Gasteiger partial charge is 0.443 e. The van der Waals surface area contributed by atoms with E-state index >= 15 is 0 Å². The number of aliphatic imine (C=N–C) groups is 1. The van der Waals surface area contributed by atoms with Crippen molar-refractivity contribution in [1.82, 2.24) is 20.9 Å². The van der Waals surface area contributed by atoms with Gasteiger partial charge in [-0.25, -0.2) is 9.98 Å². The minimum absolute atomic E-state index is 0.0597. The summed E-state index contributed by atoms with van der Waals surface area (Å²) in [6.07, 6.45) is 8.02. The molecular formula is C21H35N5O2. The predicted molar refractivity (Wildman–Crippen MR) is 110 cm³/mol. The average Bonchev–Trinajstić information content (AvgIpc) is 3.31. The quantitative estimate of drug-likeness (QED) is 0.514. The third kappa shape index (κ3) is 5.97. The van der Waals surface area contributed by atoms with Gasteiger partial charge in [0, 0.05) is 30.0 Å². The summed E-state index contributed by atoms with van der Waals surface area (Å²) in [5, 5.41) is 9.95. The first-order valence-electron chi connectivity index (χ1n) is 10.7. The van der Waals surface area contributed by atoms with E-state index in [0.717, 1.165) is 56.8 Å². The number of hydrogen-bond acceptors (Lipinski definition) is 4. The maximum Gasteiger partial charge on any atom is 0.223 e. The van der Waals surface area contributed by atoms with Crippen molar-refractivity contribution in [2.24, 2.45) is 10.9 Å². The van der Waals surface area contributed by atoms with Gasteiger partial charge in [-0.2, -0.15) is 0 Å². The Hall–Kier alpha value is -2.05. The van der Waals surface area contributed by atoms with E-state index in [1.165, 1.54) is 0 Å². The predicted octanol–water partition coefficient (Wildman–Crippen LogP) is 2.86. The number of nitrogens with zero attached hydrogens (tertiary/aromatic N) is 2. The molecule has 2 unspecified atom stereocenters. The van der Waals surface area contributed by atoms with Crippen molar-refractivity contribution in [3.8, 4) is 0 Å². The van der Waals surface area contributed by atoms with Gasteiger partial charge >= 0.3 is 0 Å². The van der Waals surface area contributed by atoms with Crippen LogP contribution in [0.3, 0.4) is 0 Å². The summed E-state index contributed by atoms with van der Waals surface area (Å²) in [7, 11) is 0. The van der Waals surface area contributed by atoms with Crippen molar-refractivity contribution in [3.63, 3.8) is 0 Å². The van der Waals surface area contributed by atoms with Gasteiger partial charge in [0.05, 0.1) is 6.20 Å². The molecule has 156 valence electrons. The summed E-state index contributed by atoms with van der Waals surface area (Å²) < 4.78 is 5.83. The molecule has 0 saturated heterocycles. The molecule has 2 aliphatic rings. The van der Waals surface area contributed by atoms with Crippen LogP contribution in [0, 0.1) is 5.92 Å². The van der Waals surface area contributed by atoms with Crippen LogP contribution < -0.4 is 16.0 Å². The van der Waals surface area contributed by atoms with E-state index in [1.54, 1.807) is 6.20 Å². The Balaban J connectivity index is 1.56. The molecule has 1 aromatic heterocycles. The van der Waals surface area contributed by atoms with Crippen molar-refractivity contribution >= 4 is 11.9 Å². The molecule has 0 spiro atoms. The van der Waals surface area contributed by atoms with E-state index in [0.29, 0.717) is 18.5 Å². The lowest BCUT2D eigenvalue weighted by Crippen LogP contribution is -2.47. The first-order valence-corrected chi connectivity index (χ1v) is 10.7. The van der Waals surface area contributed by atoms with Crippen LogP contribution in [0.5, 0.6) is 0 Å². The molecule has 2 atom stereocenters. The van der Waals surface area contributed by atoms with Crippen LogP contribution in [0.2, 0.25) is 0 Å². The van der Waals surface area contributed by atoms with E-state index < -0.39 is 0 Å². The lowest BCUT2D eigenvalue weighted by molar-refractivity contribution is -0.126. The van der Waals surface area contributed by atoms with Crippen LogP contribution in [-0.4, -0.2) is 35.5 Å². The Morgan fingerprint density at radius 2 is 2.00 bits per heavy atom. The van der Waals surface area contributed by atoms with Crippen molar-refractivity contribution < 1.29 is 9.21 Å². The SMILES string of the molecule is CCNC(=NCc1ncc(C(C)(C)C)o1)NC1CCCC(C(=O)NC2CC2)C1. The van der Waals surface area contributed by atoms with E-state index in [4.69, 9.17) is 4.42 Å². The van der Waals surface area contributed by atoms with Gasteiger partial charge in [-0.15, -0.1) is 0 Å². The highest BCUT2D eigenvalue weighted by molar-refractivity contribution is 5.81. The highest BCUT2D eigenvalue weighted by Crippen LogP contribution is 2.27. The molecule has 2 saturated carbocycles. The molecule has 2 fully saturated rings. The lowest BCUT2D eigenvalue weighted by Gasteiger charge is -2.30. The molecule has 28 heavy (non-hydrogen) atoms. The standard InChI is InChI=1S/C21H35N5O2/c1-5-22-20(24-13-18-23-12-17(28-18)21(2,3)4)26-16-8-6-7-14(11-16)19(27)25-15-9-10-15/h12,14-16H,5-11,13H2,1-4H3,(H,25,27)(H2,22,24,26). The van der Waals surface area contributed by atoms with Gasteiger partial charge in [-0.1, -0.05) is 27.2 Å². The molecule has 1 aromatic rings. The van der Waals surface area contributed by atoms with Gasteiger partial charge in [0.1, 0.15) is 12.3 Å². The molecule has 0 aliphatic heterocycles. The number of amides is 1. The zero-order chi connectivity index (χ0) is 20.1. The smallest absolute Gasteiger partial charge is 0.223 e. The number of aromatic nitrogens is 1. The van der Waals surface area contributed by atoms with Gasteiger partial charge in [-0.3, -0.25) is 4.79 Å².